The summed E-state index contributed by atoms with van der Waals surface area (Å²) in [6, 6.07) is 10.1. The van der Waals surface area contributed by atoms with E-state index < -0.39 is 0 Å². The van der Waals surface area contributed by atoms with Crippen molar-refractivity contribution in [1.82, 2.24) is 20.6 Å². The Labute approximate surface area is 210 Å². The molecule has 11 heteroatoms. The summed E-state index contributed by atoms with van der Waals surface area (Å²) in [5.74, 6) is 0. The molecule has 0 saturated carbocycles. The molecule has 1 heterocycles. The number of aryl methyl sites for hydroxylation is 3. The number of rotatable bonds is 5. The van der Waals surface area contributed by atoms with Gasteiger partial charge in [-0.05, 0) is 39.3 Å². The molecule has 1 aromatic heterocycles. The number of nitrogens with zero attached hydrogens (tertiary/aromatic N) is 3. The quantitative estimate of drug-likeness (QED) is 0.140. The average Bonchev–Trinajstić information content (AvgIpc) is 2.63. The van der Waals surface area contributed by atoms with Crippen LogP contribution in [0.3, 0.4) is 0 Å². The van der Waals surface area contributed by atoms with Crippen LogP contribution < -0.4 is 16.3 Å². The third kappa shape index (κ3) is 12.3. The zero-order valence-corrected chi connectivity index (χ0v) is 21.6. The van der Waals surface area contributed by atoms with Crippen LogP contribution in [0.1, 0.15) is 29.4 Å². The van der Waals surface area contributed by atoms with Crippen LogP contribution in [-0.2, 0) is 42.3 Å². The molecule has 0 bridgehead atoms. The summed E-state index contributed by atoms with van der Waals surface area (Å²) in [6.45, 7) is 9.27. The van der Waals surface area contributed by atoms with Crippen molar-refractivity contribution in [2.45, 2.75) is 27.7 Å². The van der Waals surface area contributed by atoms with E-state index in [1.807, 2.05) is 45.0 Å². The number of benzene rings is 1. The Morgan fingerprint density at radius 1 is 1.07 bits per heavy atom. The molecule has 0 amide bonds. The standard InChI is InChI=1S/C15H18N4.C4H8N2S4.Mn/c1-10-7-5-6-8-14(10)13(4)18-19-15-16-11(2)9-12(3)17-15;7-3(8)5-1-2-6-4(9)10;/h5-9H,1-4H3,(H,16,17,19);1-2H2,(H2,5,7,8)(H2,6,9,10);/q;;+2/p-2/b18-13-;;. The number of hydrogen-bond donors (Lipinski definition) is 3. The fraction of sp³-hybridized carbons (Fsp3) is 0.316. The number of thiocarbonyl (C=S) groups is 2. The van der Waals surface area contributed by atoms with Crippen LogP contribution >= 0.6 is 24.4 Å². The zero-order chi connectivity index (χ0) is 21.8. The van der Waals surface area contributed by atoms with E-state index in [2.05, 4.69) is 93.5 Å². The average molecular weight is 520 g/mol. The summed E-state index contributed by atoms with van der Waals surface area (Å²) in [7, 11) is 0. The van der Waals surface area contributed by atoms with Gasteiger partial charge in [0.1, 0.15) is 0 Å². The second-order valence-corrected chi connectivity index (χ2v) is 8.21. The van der Waals surface area contributed by atoms with Crippen molar-refractivity contribution in [3.8, 4) is 0 Å². The Kier molecular flexibility index (Phi) is 14.6. The van der Waals surface area contributed by atoms with Gasteiger partial charge >= 0.3 is 17.1 Å². The smallest absolute Gasteiger partial charge is 0.412 e. The fourth-order valence-electron chi connectivity index (χ4n) is 2.28. The first-order valence-electron chi connectivity index (χ1n) is 8.77. The number of hydrogen-bond acceptors (Lipinski definition) is 7. The molecule has 30 heavy (non-hydrogen) atoms. The molecule has 0 unspecified atom stereocenters. The van der Waals surface area contributed by atoms with E-state index in [1.165, 1.54) is 5.56 Å². The summed E-state index contributed by atoms with van der Waals surface area (Å²) in [5.41, 5.74) is 5.67. The predicted molar refractivity (Wildman–Crippen MR) is 133 cm³/mol. The minimum Gasteiger partial charge on any atom is -0.412 e. The van der Waals surface area contributed by atoms with Crippen molar-refractivity contribution in [2.75, 3.05) is 13.1 Å². The van der Waals surface area contributed by atoms with E-state index in [-0.39, 0.29) is 17.1 Å². The minimum absolute atomic E-state index is 0. The molecule has 1 aromatic carbocycles. The van der Waals surface area contributed by atoms with Gasteiger partial charge in [-0.3, -0.25) is 0 Å². The van der Waals surface area contributed by atoms with Crippen molar-refractivity contribution < 1.29 is 17.1 Å². The van der Waals surface area contributed by atoms with Gasteiger partial charge in [-0.15, -0.1) is 5.10 Å². The van der Waals surface area contributed by atoms with Gasteiger partial charge in [0, 0.05) is 30.0 Å². The molecular formula is C19H24MnN6S4. The fourth-order valence-corrected chi connectivity index (χ4v) is 2.69. The predicted octanol–water partition coefficient (Wildman–Crippen LogP) is 2.49. The molecule has 0 atom stereocenters. The van der Waals surface area contributed by atoms with Crippen molar-refractivity contribution in [2.24, 2.45) is 10.2 Å². The van der Waals surface area contributed by atoms with Crippen LogP contribution in [0.25, 0.3) is 0 Å². The van der Waals surface area contributed by atoms with Gasteiger partial charge in [-0.2, -0.15) is 5.10 Å². The Morgan fingerprint density at radius 3 is 2.13 bits per heavy atom. The summed E-state index contributed by atoms with van der Waals surface area (Å²) in [5, 5.41) is 14.0. The Morgan fingerprint density at radius 2 is 1.63 bits per heavy atom. The van der Waals surface area contributed by atoms with Gasteiger partial charge in [0.15, 0.2) is 0 Å². The molecule has 2 aromatic rings. The maximum atomic E-state index is 4.59. The molecule has 0 aliphatic carbocycles. The van der Waals surface area contributed by atoms with Gasteiger partial charge in [0.25, 0.3) is 0 Å². The topological polar surface area (TPSA) is 77.5 Å². The first-order valence-corrected chi connectivity index (χ1v) is 10.4. The van der Waals surface area contributed by atoms with Crippen LogP contribution in [0.4, 0.5) is 0 Å². The maximum Gasteiger partial charge on any atom is 2.00 e. The van der Waals surface area contributed by atoms with Gasteiger partial charge in [0.05, 0.1) is 5.71 Å². The van der Waals surface area contributed by atoms with Crippen molar-refractivity contribution in [1.29, 1.82) is 0 Å². The summed E-state index contributed by atoms with van der Waals surface area (Å²) in [6.07, 6.45) is 0. The van der Waals surface area contributed by atoms with Crippen molar-refractivity contribution in [3.05, 3.63) is 58.5 Å². The Balaban J connectivity index is 0.000000658. The number of aromatic amines is 1. The summed E-state index contributed by atoms with van der Waals surface area (Å²) in [4.78, 5) is 7.38. The van der Waals surface area contributed by atoms with Gasteiger partial charge in [0.2, 0.25) is 5.62 Å². The Bertz CT molecular complexity index is 903. The molecule has 3 N–H and O–H groups in total. The molecular weight excluding hydrogens is 495 g/mol. The summed E-state index contributed by atoms with van der Waals surface area (Å²) < 4.78 is 0.745. The van der Waals surface area contributed by atoms with Gasteiger partial charge < -0.3 is 65.3 Å². The van der Waals surface area contributed by atoms with Crippen LogP contribution in [0.5, 0.6) is 0 Å². The molecule has 6 nitrogen and oxygen atoms in total. The van der Waals surface area contributed by atoms with Crippen molar-refractivity contribution >= 4 is 64.0 Å². The van der Waals surface area contributed by atoms with Crippen LogP contribution in [0, 0.1) is 20.8 Å². The van der Waals surface area contributed by atoms with E-state index in [0.29, 0.717) is 27.3 Å². The van der Waals surface area contributed by atoms with E-state index in [4.69, 9.17) is 0 Å². The van der Waals surface area contributed by atoms with E-state index >= 15 is 0 Å². The van der Waals surface area contributed by atoms with Crippen LogP contribution in [0.2, 0.25) is 0 Å². The zero-order valence-electron chi connectivity index (χ0n) is 17.2. The molecule has 1 radical (unpaired) electrons. The van der Waals surface area contributed by atoms with E-state index in [1.54, 1.807) is 0 Å². The van der Waals surface area contributed by atoms with Crippen LogP contribution in [-0.4, -0.2) is 37.4 Å². The SMILES string of the molecule is C/C(=N/N=c1\nc(C)cc(C)[nH]1)c1ccccc1C.S=C([S-])NCCNC(=S)[S-].[Mn+2]. The molecule has 0 fully saturated rings. The second kappa shape index (κ2) is 15.3. The largest absolute Gasteiger partial charge is 2.00 e. The van der Waals surface area contributed by atoms with Crippen LogP contribution in [0.15, 0.2) is 40.5 Å². The summed E-state index contributed by atoms with van der Waals surface area (Å²) >= 11 is 18.4. The van der Waals surface area contributed by atoms with Gasteiger partial charge in [-0.1, -0.05) is 32.9 Å². The molecule has 0 saturated heterocycles. The van der Waals surface area contributed by atoms with E-state index in [0.717, 1.165) is 22.7 Å². The van der Waals surface area contributed by atoms with Crippen molar-refractivity contribution in [3.63, 3.8) is 0 Å². The minimum atomic E-state index is 0. The molecule has 0 aliphatic heterocycles. The first-order chi connectivity index (χ1) is 13.7. The normalized spacial score (nSPS) is 10.9. The molecule has 2 rings (SSSR count). The second-order valence-electron chi connectivity index (χ2n) is 6.06. The third-order valence-electron chi connectivity index (χ3n) is 3.51. The molecule has 0 spiro atoms. The molecule has 0 aliphatic rings. The Hall–Kier alpha value is -1.49. The first kappa shape index (κ1) is 28.5. The number of aromatic nitrogens is 2. The van der Waals surface area contributed by atoms with Gasteiger partial charge in [-0.25, -0.2) is 4.98 Å². The number of nitrogens with one attached hydrogen (secondary N) is 3. The molecule has 161 valence electrons. The third-order valence-corrected chi connectivity index (χ3v) is 4.09. The number of H-pyrrole nitrogens is 1. The van der Waals surface area contributed by atoms with E-state index in [9.17, 15) is 0 Å². The maximum absolute atomic E-state index is 4.59. The monoisotopic (exact) mass is 519 g/mol.